The highest BCUT2D eigenvalue weighted by molar-refractivity contribution is 5.99. The number of para-hydroxylation sites is 1. The first kappa shape index (κ1) is 23.0. The van der Waals surface area contributed by atoms with E-state index in [4.69, 9.17) is 4.74 Å². The van der Waals surface area contributed by atoms with Gasteiger partial charge in [0.05, 0.1) is 25.4 Å². The maximum atomic E-state index is 13.5. The van der Waals surface area contributed by atoms with Crippen molar-refractivity contribution >= 4 is 28.4 Å². The Morgan fingerprint density at radius 3 is 2.50 bits per heavy atom. The number of carbonyl (C=O) groups excluding carboxylic acids is 2. The predicted octanol–water partition coefficient (Wildman–Crippen LogP) is 3.81. The summed E-state index contributed by atoms with van der Waals surface area (Å²) in [6.45, 7) is 1.96. The van der Waals surface area contributed by atoms with Gasteiger partial charge in [-0.15, -0.1) is 0 Å². The molecule has 2 aromatic heterocycles. The molecule has 0 bridgehead atoms. The van der Waals surface area contributed by atoms with E-state index in [2.05, 4.69) is 15.3 Å². The maximum Gasteiger partial charge on any atom is 0.249 e. The fourth-order valence-electron chi connectivity index (χ4n) is 4.07. The van der Waals surface area contributed by atoms with Crippen molar-refractivity contribution in [3.63, 3.8) is 0 Å². The molecular formula is C27H28N4O3. The minimum Gasteiger partial charge on any atom is -0.481 e. The molecule has 1 atom stereocenters. The van der Waals surface area contributed by atoms with Crippen molar-refractivity contribution in [1.82, 2.24) is 15.3 Å². The van der Waals surface area contributed by atoms with Crippen LogP contribution in [0, 0.1) is 6.92 Å². The number of pyridine rings is 1. The Morgan fingerprint density at radius 2 is 1.79 bits per heavy atom. The topological polar surface area (TPSA) is 87.3 Å². The smallest absolute Gasteiger partial charge is 0.249 e. The number of nitrogens with one attached hydrogen (secondary N) is 2. The number of amides is 2. The number of fused-ring (bicyclic) bond motifs is 1. The van der Waals surface area contributed by atoms with E-state index in [0.717, 1.165) is 27.7 Å². The summed E-state index contributed by atoms with van der Waals surface area (Å²) in [5.74, 6) is 0.0380. The van der Waals surface area contributed by atoms with Gasteiger partial charge in [-0.05, 0) is 30.2 Å². The Balaban J connectivity index is 1.55. The second-order valence-corrected chi connectivity index (χ2v) is 8.22. The van der Waals surface area contributed by atoms with Crippen LogP contribution in [0.5, 0.6) is 5.88 Å². The van der Waals surface area contributed by atoms with Gasteiger partial charge in [-0.1, -0.05) is 48.5 Å². The number of benzene rings is 2. The molecule has 0 spiro atoms. The van der Waals surface area contributed by atoms with Crippen LogP contribution in [-0.2, 0) is 22.4 Å². The molecule has 2 heterocycles. The standard InChI is InChI=1S/C27H28N4O3/c1-18-22(21-11-7-8-12-23(21)29-18)16-25(32)30-24(15-19-9-5-4-6-10-19)27(33)31(2)20-13-14-26(34-3)28-17-20/h4-14,17,24,29H,15-16H2,1-3H3,(H,30,32). The average molecular weight is 457 g/mol. The van der Waals surface area contributed by atoms with E-state index < -0.39 is 6.04 Å². The third kappa shape index (κ3) is 5.09. The van der Waals surface area contributed by atoms with Gasteiger partial charge in [0, 0.05) is 36.1 Å². The molecule has 0 radical (unpaired) electrons. The molecule has 0 saturated carbocycles. The van der Waals surface area contributed by atoms with E-state index in [0.29, 0.717) is 18.0 Å². The number of rotatable bonds is 8. The first-order valence-corrected chi connectivity index (χ1v) is 11.1. The highest BCUT2D eigenvalue weighted by Gasteiger charge is 2.26. The molecule has 0 aliphatic heterocycles. The van der Waals surface area contributed by atoms with Crippen LogP contribution in [0.25, 0.3) is 10.9 Å². The van der Waals surface area contributed by atoms with Gasteiger partial charge in [0.1, 0.15) is 6.04 Å². The molecule has 0 aliphatic rings. The van der Waals surface area contributed by atoms with Crippen molar-refractivity contribution in [2.45, 2.75) is 25.8 Å². The molecule has 34 heavy (non-hydrogen) atoms. The normalized spacial score (nSPS) is 11.7. The molecule has 2 amide bonds. The molecule has 0 aliphatic carbocycles. The fraction of sp³-hybridized carbons (Fsp3) is 0.222. The molecule has 0 fully saturated rings. The Morgan fingerprint density at radius 1 is 1.06 bits per heavy atom. The second kappa shape index (κ2) is 10.2. The van der Waals surface area contributed by atoms with Crippen molar-refractivity contribution < 1.29 is 14.3 Å². The van der Waals surface area contributed by atoms with Gasteiger partial charge in [-0.3, -0.25) is 9.59 Å². The molecule has 7 nitrogen and oxygen atoms in total. The Hall–Kier alpha value is -4.13. The molecule has 0 saturated heterocycles. The first-order chi connectivity index (χ1) is 16.5. The summed E-state index contributed by atoms with van der Waals surface area (Å²) in [7, 11) is 3.22. The highest BCUT2D eigenvalue weighted by atomic mass is 16.5. The molecule has 7 heteroatoms. The Labute approximate surface area is 198 Å². The number of methoxy groups -OCH3 is 1. The number of hydrogen-bond acceptors (Lipinski definition) is 4. The minimum atomic E-state index is -0.729. The van der Waals surface area contributed by atoms with Gasteiger partial charge in [0.2, 0.25) is 17.7 Å². The Kier molecular flexibility index (Phi) is 6.92. The quantitative estimate of drug-likeness (QED) is 0.422. The van der Waals surface area contributed by atoms with Crippen molar-refractivity contribution in [2.24, 2.45) is 0 Å². The lowest BCUT2D eigenvalue weighted by Gasteiger charge is -2.25. The lowest BCUT2D eigenvalue weighted by molar-refractivity contribution is -0.127. The van der Waals surface area contributed by atoms with Crippen LogP contribution in [0.4, 0.5) is 5.69 Å². The molecule has 4 aromatic rings. The van der Waals surface area contributed by atoms with Crippen LogP contribution < -0.4 is 15.0 Å². The summed E-state index contributed by atoms with van der Waals surface area (Å²) in [5.41, 5.74) is 4.46. The zero-order chi connectivity index (χ0) is 24.1. The lowest BCUT2D eigenvalue weighted by Crippen LogP contribution is -2.49. The summed E-state index contributed by atoms with van der Waals surface area (Å²) in [6, 6.07) is 20.3. The van der Waals surface area contributed by atoms with Gasteiger partial charge >= 0.3 is 0 Å². The molecule has 2 aromatic carbocycles. The van der Waals surface area contributed by atoms with Gasteiger partial charge < -0.3 is 19.9 Å². The van der Waals surface area contributed by atoms with Crippen LogP contribution in [0.3, 0.4) is 0 Å². The zero-order valence-electron chi connectivity index (χ0n) is 19.5. The van der Waals surface area contributed by atoms with Gasteiger partial charge in [0.25, 0.3) is 0 Å². The summed E-state index contributed by atoms with van der Waals surface area (Å²) >= 11 is 0. The third-order valence-electron chi connectivity index (χ3n) is 5.93. The van der Waals surface area contributed by atoms with Crippen LogP contribution in [-0.4, -0.2) is 42.0 Å². The van der Waals surface area contributed by atoms with E-state index in [1.807, 2.05) is 61.5 Å². The lowest BCUT2D eigenvalue weighted by atomic mass is 10.0. The number of aromatic amines is 1. The van der Waals surface area contributed by atoms with E-state index in [-0.39, 0.29) is 18.2 Å². The van der Waals surface area contributed by atoms with E-state index >= 15 is 0 Å². The van der Waals surface area contributed by atoms with Gasteiger partial charge in [-0.25, -0.2) is 4.98 Å². The number of hydrogen-bond donors (Lipinski definition) is 2. The Bertz CT molecular complexity index is 1280. The summed E-state index contributed by atoms with van der Waals surface area (Å²) in [4.78, 5) is 35.6. The van der Waals surface area contributed by atoms with Crippen LogP contribution in [0.15, 0.2) is 72.9 Å². The van der Waals surface area contributed by atoms with E-state index in [9.17, 15) is 9.59 Å². The highest BCUT2D eigenvalue weighted by Crippen LogP contribution is 2.22. The second-order valence-electron chi connectivity index (χ2n) is 8.22. The summed E-state index contributed by atoms with van der Waals surface area (Å²) in [5, 5.41) is 4.00. The number of likely N-dealkylation sites (N-methyl/N-ethyl adjacent to an activating group) is 1. The molecule has 1 unspecified atom stereocenters. The van der Waals surface area contributed by atoms with Crippen molar-refractivity contribution in [3.05, 3.63) is 89.7 Å². The van der Waals surface area contributed by atoms with Crippen molar-refractivity contribution in [3.8, 4) is 5.88 Å². The van der Waals surface area contributed by atoms with Crippen LogP contribution in [0.1, 0.15) is 16.8 Å². The number of ether oxygens (including phenoxy) is 1. The number of H-pyrrole nitrogens is 1. The summed E-state index contributed by atoms with van der Waals surface area (Å²) < 4.78 is 5.10. The molecule has 2 N–H and O–H groups in total. The van der Waals surface area contributed by atoms with E-state index in [1.54, 1.807) is 25.4 Å². The van der Waals surface area contributed by atoms with Gasteiger partial charge in [-0.2, -0.15) is 0 Å². The summed E-state index contributed by atoms with van der Waals surface area (Å²) in [6.07, 6.45) is 2.14. The monoisotopic (exact) mass is 456 g/mol. The number of aromatic nitrogens is 2. The molecule has 174 valence electrons. The molecular weight excluding hydrogens is 428 g/mol. The van der Waals surface area contributed by atoms with E-state index in [1.165, 1.54) is 12.0 Å². The predicted molar refractivity (Wildman–Crippen MR) is 133 cm³/mol. The van der Waals surface area contributed by atoms with Crippen LogP contribution in [0.2, 0.25) is 0 Å². The number of aryl methyl sites for hydroxylation is 1. The van der Waals surface area contributed by atoms with Crippen molar-refractivity contribution in [2.75, 3.05) is 19.1 Å². The SMILES string of the molecule is COc1ccc(N(C)C(=O)C(Cc2ccccc2)NC(=O)Cc2c(C)[nH]c3ccccc23)cn1. The first-order valence-electron chi connectivity index (χ1n) is 11.1. The molecule has 4 rings (SSSR count). The maximum absolute atomic E-state index is 13.5. The van der Waals surface area contributed by atoms with Crippen LogP contribution >= 0.6 is 0 Å². The van der Waals surface area contributed by atoms with Crippen molar-refractivity contribution in [1.29, 1.82) is 0 Å². The number of nitrogens with zero attached hydrogens (tertiary/aromatic N) is 2. The van der Waals surface area contributed by atoms with Gasteiger partial charge in [0.15, 0.2) is 0 Å². The zero-order valence-corrected chi connectivity index (χ0v) is 19.5. The number of anilines is 1. The average Bonchev–Trinajstić information content (AvgIpc) is 3.18. The fourth-order valence-corrected chi connectivity index (χ4v) is 4.07. The minimum absolute atomic E-state index is 0.183. The third-order valence-corrected chi connectivity index (χ3v) is 5.93. The largest absolute Gasteiger partial charge is 0.481 e. The number of carbonyl (C=O) groups is 2.